The van der Waals surface area contributed by atoms with Gasteiger partial charge in [0.15, 0.2) is 0 Å². The maximum atomic E-state index is 9.13. The summed E-state index contributed by atoms with van der Waals surface area (Å²) < 4.78 is 5.34. The van der Waals surface area contributed by atoms with Crippen LogP contribution in [0, 0.1) is 12.3 Å². The van der Waals surface area contributed by atoms with Crippen molar-refractivity contribution in [3.63, 3.8) is 0 Å². The third-order valence-corrected chi connectivity index (χ3v) is 2.39. The predicted molar refractivity (Wildman–Crippen MR) is 68.8 cm³/mol. The first kappa shape index (κ1) is 13.6. The van der Waals surface area contributed by atoms with Crippen molar-refractivity contribution in [2.45, 2.75) is 25.9 Å². The van der Waals surface area contributed by atoms with E-state index in [4.69, 9.17) is 16.3 Å². The molecule has 0 aliphatic rings. The third kappa shape index (κ3) is 4.90. The number of benzene rings is 1. The van der Waals surface area contributed by atoms with E-state index in [-0.39, 0.29) is 18.8 Å². The molecular formula is C14H19NO2. The Hall–Kier alpha value is -1.50. The van der Waals surface area contributed by atoms with Crippen LogP contribution >= 0.6 is 0 Å². The van der Waals surface area contributed by atoms with E-state index >= 15 is 0 Å². The fourth-order valence-electron chi connectivity index (χ4n) is 1.27. The van der Waals surface area contributed by atoms with Crippen LogP contribution in [0.3, 0.4) is 0 Å². The van der Waals surface area contributed by atoms with Crippen molar-refractivity contribution in [1.29, 1.82) is 0 Å². The summed E-state index contributed by atoms with van der Waals surface area (Å²) in [6.45, 7) is 4.96. The molecule has 1 aromatic carbocycles. The lowest BCUT2D eigenvalue weighted by atomic mass is 10.1. The van der Waals surface area contributed by atoms with E-state index in [9.17, 15) is 0 Å². The highest BCUT2D eigenvalue weighted by molar-refractivity contribution is 5.28. The zero-order chi connectivity index (χ0) is 12.7. The average molecular weight is 233 g/mol. The quantitative estimate of drug-likeness (QED) is 0.733. The molecule has 0 atom stereocenters. The van der Waals surface area contributed by atoms with Gasteiger partial charge in [0.2, 0.25) is 0 Å². The number of hydrogen-bond acceptors (Lipinski definition) is 3. The first-order valence-electron chi connectivity index (χ1n) is 5.58. The molecule has 0 radical (unpaired) electrons. The highest BCUT2D eigenvalue weighted by Gasteiger charge is 2.14. The van der Waals surface area contributed by atoms with Gasteiger partial charge in [-0.2, -0.15) is 0 Å². The standard InChI is InChI=1S/C14H19NO2/c1-4-8-17-13-7-5-6-12(9-13)10-15-14(2,3)11-16/h1,5-7,9,15-16H,8,10-11H2,2-3H3. The van der Waals surface area contributed by atoms with Crippen LogP contribution < -0.4 is 10.1 Å². The second-order valence-electron chi connectivity index (χ2n) is 4.54. The van der Waals surface area contributed by atoms with Crippen LogP contribution in [0.25, 0.3) is 0 Å². The summed E-state index contributed by atoms with van der Waals surface area (Å²) in [4.78, 5) is 0. The monoisotopic (exact) mass is 233 g/mol. The lowest BCUT2D eigenvalue weighted by Crippen LogP contribution is -2.42. The summed E-state index contributed by atoms with van der Waals surface area (Å²) >= 11 is 0. The summed E-state index contributed by atoms with van der Waals surface area (Å²) in [6.07, 6.45) is 5.13. The van der Waals surface area contributed by atoms with E-state index in [1.807, 2.05) is 38.1 Å². The van der Waals surface area contributed by atoms with Gasteiger partial charge in [-0.15, -0.1) is 6.42 Å². The second-order valence-corrected chi connectivity index (χ2v) is 4.54. The maximum Gasteiger partial charge on any atom is 0.148 e. The van der Waals surface area contributed by atoms with Gasteiger partial charge in [0.25, 0.3) is 0 Å². The summed E-state index contributed by atoms with van der Waals surface area (Å²) in [5, 5.41) is 12.4. The van der Waals surface area contributed by atoms with Crippen LogP contribution in [0.2, 0.25) is 0 Å². The molecule has 0 saturated carbocycles. The summed E-state index contributed by atoms with van der Waals surface area (Å²) in [5.41, 5.74) is 0.816. The number of hydrogen-bond donors (Lipinski definition) is 2. The molecule has 0 fully saturated rings. The Morgan fingerprint density at radius 1 is 1.47 bits per heavy atom. The molecule has 0 aliphatic heterocycles. The van der Waals surface area contributed by atoms with Crippen LogP contribution in [0.1, 0.15) is 19.4 Å². The predicted octanol–water partition coefficient (Wildman–Crippen LogP) is 1.56. The molecule has 1 rings (SSSR count). The molecule has 3 nitrogen and oxygen atoms in total. The van der Waals surface area contributed by atoms with Crippen LogP contribution in [0.15, 0.2) is 24.3 Å². The van der Waals surface area contributed by atoms with Gasteiger partial charge < -0.3 is 15.2 Å². The number of aliphatic hydroxyl groups excluding tert-OH is 1. The van der Waals surface area contributed by atoms with Crippen molar-refractivity contribution in [2.24, 2.45) is 0 Å². The Labute approximate surface area is 103 Å². The number of ether oxygens (including phenoxy) is 1. The SMILES string of the molecule is C#CCOc1cccc(CNC(C)(C)CO)c1. The minimum atomic E-state index is -0.282. The summed E-state index contributed by atoms with van der Waals surface area (Å²) in [7, 11) is 0. The lowest BCUT2D eigenvalue weighted by molar-refractivity contribution is 0.187. The van der Waals surface area contributed by atoms with Crippen LogP contribution in [-0.2, 0) is 6.54 Å². The van der Waals surface area contributed by atoms with Gasteiger partial charge in [-0.25, -0.2) is 0 Å². The van der Waals surface area contributed by atoms with Crippen LogP contribution in [0.5, 0.6) is 5.75 Å². The Bertz CT molecular complexity index is 393. The minimum Gasteiger partial charge on any atom is -0.481 e. The molecule has 17 heavy (non-hydrogen) atoms. The highest BCUT2D eigenvalue weighted by atomic mass is 16.5. The fourth-order valence-corrected chi connectivity index (χ4v) is 1.27. The first-order valence-corrected chi connectivity index (χ1v) is 5.58. The molecule has 0 aliphatic carbocycles. The van der Waals surface area contributed by atoms with E-state index < -0.39 is 0 Å². The Balaban J connectivity index is 2.57. The van der Waals surface area contributed by atoms with Gasteiger partial charge in [0.1, 0.15) is 12.4 Å². The van der Waals surface area contributed by atoms with Gasteiger partial charge in [-0.1, -0.05) is 18.1 Å². The first-order chi connectivity index (χ1) is 8.07. The molecule has 0 saturated heterocycles. The molecule has 0 unspecified atom stereocenters. The van der Waals surface area contributed by atoms with E-state index in [0.717, 1.165) is 11.3 Å². The molecule has 0 heterocycles. The zero-order valence-corrected chi connectivity index (χ0v) is 10.4. The molecule has 2 N–H and O–H groups in total. The van der Waals surface area contributed by atoms with E-state index in [0.29, 0.717) is 6.54 Å². The summed E-state index contributed by atoms with van der Waals surface area (Å²) in [6, 6.07) is 7.74. The smallest absolute Gasteiger partial charge is 0.148 e. The number of terminal acetylenes is 1. The largest absolute Gasteiger partial charge is 0.481 e. The molecule has 0 spiro atoms. The van der Waals surface area contributed by atoms with Crippen LogP contribution in [-0.4, -0.2) is 23.9 Å². The Morgan fingerprint density at radius 2 is 2.24 bits per heavy atom. The number of aliphatic hydroxyl groups is 1. The number of nitrogens with one attached hydrogen (secondary N) is 1. The Kier molecular flexibility index (Phi) is 5.02. The number of rotatable bonds is 6. The molecule has 0 bridgehead atoms. The van der Waals surface area contributed by atoms with E-state index in [1.54, 1.807) is 0 Å². The van der Waals surface area contributed by atoms with Crippen molar-refractivity contribution in [2.75, 3.05) is 13.2 Å². The zero-order valence-electron chi connectivity index (χ0n) is 10.4. The molecular weight excluding hydrogens is 214 g/mol. The van der Waals surface area contributed by atoms with Gasteiger partial charge >= 0.3 is 0 Å². The topological polar surface area (TPSA) is 41.5 Å². The van der Waals surface area contributed by atoms with Crippen molar-refractivity contribution in [3.05, 3.63) is 29.8 Å². The second kappa shape index (κ2) is 6.29. The third-order valence-electron chi connectivity index (χ3n) is 2.39. The molecule has 0 amide bonds. The van der Waals surface area contributed by atoms with Crippen molar-refractivity contribution >= 4 is 0 Å². The molecule has 1 aromatic rings. The molecule has 0 aromatic heterocycles. The lowest BCUT2D eigenvalue weighted by Gasteiger charge is -2.23. The molecule has 3 heteroatoms. The van der Waals surface area contributed by atoms with Gasteiger partial charge in [-0.3, -0.25) is 0 Å². The summed E-state index contributed by atoms with van der Waals surface area (Å²) in [5.74, 6) is 3.20. The van der Waals surface area contributed by atoms with Crippen molar-refractivity contribution in [1.82, 2.24) is 5.32 Å². The van der Waals surface area contributed by atoms with Crippen molar-refractivity contribution < 1.29 is 9.84 Å². The minimum absolute atomic E-state index is 0.0975. The molecule has 92 valence electrons. The van der Waals surface area contributed by atoms with E-state index in [2.05, 4.69) is 11.2 Å². The Morgan fingerprint density at radius 3 is 2.88 bits per heavy atom. The van der Waals surface area contributed by atoms with Gasteiger partial charge in [-0.05, 0) is 31.5 Å². The normalized spacial score (nSPS) is 10.9. The van der Waals surface area contributed by atoms with Crippen LogP contribution in [0.4, 0.5) is 0 Å². The average Bonchev–Trinajstić information content (AvgIpc) is 2.35. The highest BCUT2D eigenvalue weighted by Crippen LogP contribution is 2.14. The van der Waals surface area contributed by atoms with Gasteiger partial charge in [0.05, 0.1) is 6.61 Å². The maximum absolute atomic E-state index is 9.13. The fraction of sp³-hybridized carbons (Fsp3) is 0.429. The van der Waals surface area contributed by atoms with Crippen molar-refractivity contribution in [3.8, 4) is 18.1 Å². The van der Waals surface area contributed by atoms with Gasteiger partial charge in [0, 0.05) is 12.1 Å². The van der Waals surface area contributed by atoms with E-state index in [1.165, 1.54) is 0 Å².